The first-order chi connectivity index (χ1) is 8.13. The van der Waals surface area contributed by atoms with E-state index in [9.17, 15) is 4.79 Å². The SMILES string of the molecule is NCCC(=O)NCCCc1ccc(Cl)cc1Cl. The van der Waals surface area contributed by atoms with Gasteiger partial charge in [0.2, 0.25) is 5.91 Å². The van der Waals surface area contributed by atoms with Crippen LogP contribution in [0.5, 0.6) is 0 Å². The highest BCUT2D eigenvalue weighted by Crippen LogP contribution is 2.21. The Bertz CT molecular complexity index is 383. The summed E-state index contributed by atoms with van der Waals surface area (Å²) in [6.45, 7) is 1.02. The van der Waals surface area contributed by atoms with E-state index in [-0.39, 0.29) is 5.91 Å². The Morgan fingerprint density at radius 1 is 1.35 bits per heavy atom. The van der Waals surface area contributed by atoms with E-state index in [1.54, 1.807) is 6.07 Å². The number of nitrogens with one attached hydrogen (secondary N) is 1. The smallest absolute Gasteiger partial charge is 0.221 e. The van der Waals surface area contributed by atoms with Crippen LogP contribution in [0.4, 0.5) is 0 Å². The Balaban J connectivity index is 2.29. The van der Waals surface area contributed by atoms with Crippen LogP contribution in [0.25, 0.3) is 0 Å². The number of aryl methyl sites for hydroxylation is 1. The zero-order chi connectivity index (χ0) is 12.7. The number of hydrogen-bond acceptors (Lipinski definition) is 2. The van der Waals surface area contributed by atoms with E-state index in [4.69, 9.17) is 28.9 Å². The molecule has 0 atom stereocenters. The van der Waals surface area contributed by atoms with Gasteiger partial charge in [0.15, 0.2) is 0 Å². The molecule has 3 nitrogen and oxygen atoms in total. The summed E-state index contributed by atoms with van der Waals surface area (Å²) in [5, 5.41) is 4.10. The minimum Gasteiger partial charge on any atom is -0.356 e. The molecular weight excluding hydrogens is 259 g/mol. The van der Waals surface area contributed by atoms with Gasteiger partial charge < -0.3 is 11.1 Å². The summed E-state index contributed by atoms with van der Waals surface area (Å²) in [5.74, 6) is -0.00490. The molecule has 0 saturated carbocycles. The summed E-state index contributed by atoms with van der Waals surface area (Å²) in [6, 6.07) is 5.45. The van der Waals surface area contributed by atoms with Crippen molar-refractivity contribution >= 4 is 29.1 Å². The maximum absolute atomic E-state index is 11.1. The Kier molecular flexibility index (Phi) is 6.34. The van der Waals surface area contributed by atoms with Gasteiger partial charge >= 0.3 is 0 Å². The van der Waals surface area contributed by atoms with Gasteiger partial charge in [-0.15, -0.1) is 0 Å². The van der Waals surface area contributed by atoms with Crippen molar-refractivity contribution in [1.29, 1.82) is 0 Å². The van der Waals surface area contributed by atoms with E-state index in [2.05, 4.69) is 5.32 Å². The van der Waals surface area contributed by atoms with Crippen LogP contribution in [0.15, 0.2) is 18.2 Å². The second-order valence-electron chi connectivity index (χ2n) is 3.73. The summed E-state index contributed by atoms with van der Waals surface area (Å²) in [5.41, 5.74) is 6.31. The van der Waals surface area contributed by atoms with E-state index in [1.807, 2.05) is 12.1 Å². The summed E-state index contributed by atoms with van der Waals surface area (Å²) in [6.07, 6.45) is 2.04. The van der Waals surface area contributed by atoms with Crippen LogP contribution in [0.1, 0.15) is 18.4 Å². The molecule has 17 heavy (non-hydrogen) atoms. The average Bonchev–Trinajstić information content (AvgIpc) is 2.27. The molecule has 5 heteroatoms. The Hall–Kier alpha value is -0.770. The molecule has 0 unspecified atom stereocenters. The number of carbonyl (C=O) groups excluding carboxylic acids is 1. The predicted octanol–water partition coefficient (Wildman–Crippen LogP) is 2.39. The van der Waals surface area contributed by atoms with Crippen LogP contribution < -0.4 is 11.1 Å². The summed E-state index contributed by atoms with van der Waals surface area (Å²) in [4.78, 5) is 11.1. The maximum atomic E-state index is 11.1. The minimum absolute atomic E-state index is 0.00490. The van der Waals surface area contributed by atoms with Crippen LogP contribution in [-0.4, -0.2) is 19.0 Å². The van der Waals surface area contributed by atoms with Gasteiger partial charge in [0, 0.05) is 29.6 Å². The molecule has 0 saturated heterocycles. The Morgan fingerprint density at radius 2 is 2.12 bits per heavy atom. The van der Waals surface area contributed by atoms with Crippen molar-refractivity contribution in [1.82, 2.24) is 5.32 Å². The van der Waals surface area contributed by atoms with Crippen molar-refractivity contribution in [2.24, 2.45) is 5.73 Å². The number of amides is 1. The number of benzene rings is 1. The molecule has 1 aromatic carbocycles. The van der Waals surface area contributed by atoms with E-state index >= 15 is 0 Å². The van der Waals surface area contributed by atoms with Crippen molar-refractivity contribution in [3.05, 3.63) is 33.8 Å². The second-order valence-corrected chi connectivity index (χ2v) is 4.57. The first-order valence-electron chi connectivity index (χ1n) is 5.54. The van der Waals surface area contributed by atoms with Crippen LogP contribution in [0.2, 0.25) is 10.0 Å². The molecule has 0 fully saturated rings. The Labute approximate surface area is 111 Å². The van der Waals surface area contributed by atoms with Gasteiger partial charge in [0.05, 0.1) is 0 Å². The third kappa shape index (κ3) is 5.39. The molecule has 0 spiro atoms. The van der Waals surface area contributed by atoms with Gasteiger partial charge in [-0.1, -0.05) is 29.3 Å². The highest BCUT2D eigenvalue weighted by molar-refractivity contribution is 6.35. The Morgan fingerprint density at radius 3 is 2.76 bits per heavy atom. The summed E-state index contributed by atoms with van der Waals surface area (Å²) >= 11 is 11.8. The lowest BCUT2D eigenvalue weighted by molar-refractivity contribution is -0.120. The van der Waals surface area contributed by atoms with Crippen molar-refractivity contribution in [3.8, 4) is 0 Å². The monoisotopic (exact) mass is 274 g/mol. The lowest BCUT2D eigenvalue weighted by Crippen LogP contribution is -2.26. The van der Waals surface area contributed by atoms with Crippen LogP contribution in [-0.2, 0) is 11.2 Å². The van der Waals surface area contributed by atoms with Gasteiger partial charge in [-0.3, -0.25) is 4.79 Å². The van der Waals surface area contributed by atoms with E-state index in [1.165, 1.54) is 0 Å². The summed E-state index contributed by atoms with van der Waals surface area (Å²) in [7, 11) is 0. The quantitative estimate of drug-likeness (QED) is 0.783. The molecular formula is C12H16Cl2N2O. The lowest BCUT2D eigenvalue weighted by atomic mass is 10.1. The van der Waals surface area contributed by atoms with Crippen LogP contribution in [0.3, 0.4) is 0 Å². The highest BCUT2D eigenvalue weighted by atomic mass is 35.5. The number of halogens is 2. The maximum Gasteiger partial charge on any atom is 0.221 e. The molecule has 0 aliphatic rings. The first kappa shape index (κ1) is 14.3. The molecule has 1 amide bonds. The van der Waals surface area contributed by atoms with Crippen molar-refractivity contribution in [2.75, 3.05) is 13.1 Å². The first-order valence-corrected chi connectivity index (χ1v) is 6.29. The number of rotatable bonds is 6. The standard InChI is InChI=1S/C12H16Cl2N2O/c13-10-4-3-9(11(14)8-10)2-1-7-16-12(17)5-6-15/h3-4,8H,1-2,5-7,15H2,(H,16,17). The fraction of sp³-hybridized carbons (Fsp3) is 0.417. The van der Waals surface area contributed by atoms with E-state index in [0.29, 0.717) is 29.6 Å². The van der Waals surface area contributed by atoms with Gasteiger partial charge in [-0.2, -0.15) is 0 Å². The normalized spacial score (nSPS) is 10.3. The molecule has 0 heterocycles. The molecule has 0 aliphatic carbocycles. The molecule has 1 rings (SSSR count). The molecule has 0 aliphatic heterocycles. The van der Waals surface area contributed by atoms with Gasteiger partial charge in [-0.25, -0.2) is 0 Å². The van der Waals surface area contributed by atoms with Gasteiger partial charge in [-0.05, 0) is 30.5 Å². The number of carbonyl (C=O) groups is 1. The van der Waals surface area contributed by atoms with Gasteiger partial charge in [0.25, 0.3) is 0 Å². The molecule has 0 bridgehead atoms. The molecule has 0 radical (unpaired) electrons. The predicted molar refractivity (Wildman–Crippen MR) is 71.5 cm³/mol. The zero-order valence-electron chi connectivity index (χ0n) is 9.51. The average molecular weight is 275 g/mol. The van der Waals surface area contributed by atoms with Crippen molar-refractivity contribution in [2.45, 2.75) is 19.3 Å². The second kappa shape index (κ2) is 7.54. The van der Waals surface area contributed by atoms with E-state index in [0.717, 1.165) is 18.4 Å². The highest BCUT2D eigenvalue weighted by Gasteiger charge is 2.02. The topological polar surface area (TPSA) is 55.1 Å². The van der Waals surface area contributed by atoms with Crippen LogP contribution >= 0.6 is 23.2 Å². The largest absolute Gasteiger partial charge is 0.356 e. The molecule has 0 aromatic heterocycles. The minimum atomic E-state index is -0.00490. The number of hydrogen-bond donors (Lipinski definition) is 2. The number of nitrogens with two attached hydrogens (primary N) is 1. The fourth-order valence-electron chi connectivity index (χ4n) is 1.45. The van der Waals surface area contributed by atoms with E-state index < -0.39 is 0 Å². The third-order valence-electron chi connectivity index (χ3n) is 2.33. The lowest BCUT2D eigenvalue weighted by Gasteiger charge is -2.06. The van der Waals surface area contributed by atoms with Crippen LogP contribution in [0, 0.1) is 0 Å². The van der Waals surface area contributed by atoms with Crippen molar-refractivity contribution in [3.63, 3.8) is 0 Å². The van der Waals surface area contributed by atoms with Crippen molar-refractivity contribution < 1.29 is 4.79 Å². The molecule has 94 valence electrons. The fourth-order valence-corrected chi connectivity index (χ4v) is 1.95. The summed E-state index contributed by atoms with van der Waals surface area (Å²) < 4.78 is 0. The molecule has 1 aromatic rings. The van der Waals surface area contributed by atoms with Gasteiger partial charge in [0.1, 0.15) is 0 Å². The third-order valence-corrected chi connectivity index (χ3v) is 2.92. The zero-order valence-corrected chi connectivity index (χ0v) is 11.0. The molecule has 3 N–H and O–H groups in total.